The van der Waals surface area contributed by atoms with E-state index in [-0.39, 0.29) is 17.1 Å². The van der Waals surface area contributed by atoms with Crippen molar-refractivity contribution < 1.29 is 9.53 Å². The second-order valence-electron chi connectivity index (χ2n) is 5.69. The highest BCUT2D eigenvalue weighted by Gasteiger charge is 2.04. The second-order valence-corrected chi connectivity index (χ2v) is 6.53. The van der Waals surface area contributed by atoms with E-state index in [0.717, 1.165) is 23.4 Å². The number of benzene rings is 2. The lowest BCUT2D eigenvalue weighted by molar-refractivity contribution is -0.115. The van der Waals surface area contributed by atoms with E-state index in [0.29, 0.717) is 5.02 Å². The van der Waals surface area contributed by atoms with Crippen LogP contribution in [0.4, 0.5) is 5.69 Å². The zero-order chi connectivity index (χ0) is 18.9. The molecular weight excluding hydrogens is 368 g/mol. The van der Waals surface area contributed by atoms with Crippen molar-refractivity contribution >= 4 is 46.6 Å². The van der Waals surface area contributed by atoms with Gasteiger partial charge in [-0.05, 0) is 73.6 Å². The van der Waals surface area contributed by atoms with Crippen LogP contribution in [0.25, 0.3) is 6.08 Å². The van der Waals surface area contributed by atoms with Gasteiger partial charge in [-0.15, -0.1) is 0 Å². The van der Waals surface area contributed by atoms with Gasteiger partial charge in [-0.1, -0.05) is 30.7 Å². The lowest BCUT2D eigenvalue weighted by Gasteiger charge is -2.13. The summed E-state index contributed by atoms with van der Waals surface area (Å²) in [7, 11) is 0. The van der Waals surface area contributed by atoms with E-state index in [1.54, 1.807) is 18.2 Å². The smallest absolute Gasteiger partial charge is 0.250 e. The summed E-state index contributed by atoms with van der Waals surface area (Å²) in [5, 5.41) is 6.45. The van der Waals surface area contributed by atoms with E-state index in [1.807, 2.05) is 43.3 Å². The Balaban J connectivity index is 1.83. The molecular formula is C20H21ClN2O2S. The molecule has 1 unspecified atom stereocenters. The average molecular weight is 389 g/mol. The molecule has 2 rings (SSSR count). The molecule has 0 saturated carbocycles. The van der Waals surface area contributed by atoms with Crippen LogP contribution in [0.2, 0.25) is 5.02 Å². The molecule has 0 aliphatic carbocycles. The van der Waals surface area contributed by atoms with Crippen molar-refractivity contribution in [2.75, 3.05) is 5.32 Å². The number of amides is 1. The first kappa shape index (κ1) is 19.9. The Morgan fingerprint density at radius 1 is 1.19 bits per heavy atom. The van der Waals surface area contributed by atoms with Crippen molar-refractivity contribution in [2.24, 2.45) is 0 Å². The lowest BCUT2D eigenvalue weighted by Crippen LogP contribution is -2.32. The molecule has 2 N–H and O–H groups in total. The highest BCUT2D eigenvalue weighted by molar-refractivity contribution is 7.80. The Hall–Kier alpha value is -2.37. The molecule has 136 valence electrons. The molecule has 26 heavy (non-hydrogen) atoms. The molecule has 0 fully saturated rings. The van der Waals surface area contributed by atoms with Gasteiger partial charge < -0.3 is 10.1 Å². The van der Waals surface area contributed by atoms with Gasteiger partial charge in [-0.25, -0.2) is 0 Å². The number of rotatable bonds is 6. The van der Waals surface area contributed by atoms with Gasteiger partial charge in [0.1, 0.15) is 5.75 Å². The van der Waals surface area contributed by atoms with E-state index < -0.39 is 0 Å². The third-order valence-corrected chi connectivity index (χ3v) is 4.01. The van der Waals surface area contributed by atoms with Crippen LogP contribution in [0.15, 0.2) is 54.6 Å². The van der Waals surface area contributed by atoms with Crippen molar-refractivity contribution in [1.29, 1.82) is 0 Å². The molecule has 6 heteroatoms. The molecule has 0 aliphatic heterocycles. The van der Waals surface area contributed by atoms with Crippen LogP contribution < -0.4 is 15.4 Å². The number of hydrogen-bond acceptors (Lipinski definition) is 3. The molecule has 1 atom stereocenters. The number of halogens is 1. The Morgan fingerprint density at radius 2 is 1.85 bits per heavy atom. The number of carbonyl (C=O) groups is 1. The largest absolute Gasteiger partial charge is 0.491 e. The van der Waals surface area contributed by atoms with Crippen LogP contribution in [-0.4, -0.2) is 17.1 Å². The molecule has 1 amide bonds. The minimum Gasteiger partial charge on any atom is -0.491 e. The fourth-order valence-corrected chi connectivity index (χ4v) is 2.34. The average Bonchev–Trinajstić information content (AvgIpc) is 2.62. The first-order chi connectivity index (χ1) is 12.5. The Bertz CT molecular complexity index is 773. The molecule has 0 aliphatic rings. The monoisotopic (exact) mass is 388 g/mol. The minimum absolute atomic E-state index is 0.168. The molecule has 0 heterocycles. The topological polar surface area (TPSA) is 50.4 Å². The van der Waals surface area contributed by atoms with E-state index in [4.69, 9.17) is 28.6 Å². The number of anilines is 1. The third kappa shape index (κ3) is 6.86. The van der Waals surface area contributed by atoms with E-state index in [2.05, 4.69) is 17.6 Å². The fourth-order valence-electron chi connectivity index (χ4n) is 1.99. The molecule has 2 aromatic rings. The quantitative estimate of drug-likeness (QED) is 0.537. The third-order valence-electron chi connectivity index (χ3n) is 3.56. The number of thiocarbonyl (C=S) groups is 1. The number of carbonyl (C=O) groups excluding carboxylic acids is 1. The summed E-state index contributed by atoms with van der Waals surface area (Å²) in [6, 6.07) is 14.6. The van der Waals surface area contributed by atoms with Crippen LogP contribution in [0, 0.1) is 0 Å². The fraction of sp³-hybridized carbons (Fsp3) is 0.200. The van der Waals surface area contributed by atoms with E-state index >= 15 is 0 Å². The number of ether oxygens (including phenoxy) is 1. The summed E-state index contributed by atoms with van der Waals surface area (Å²) in [5.41, 5.74) is 1.65. The van der Waals surface area contributed by atoms with Crippen LogP contribution in [-0.2, 0) is 4.79 Å². The van der Waals surface area contributed by atoms with Gasteiger partial charge in [-0.3, -0.25) is 10.1 Å². The molecule has 0 bridgehead atoms. The molecule has 2 aromatic carbocycles. The highest BCUT2D eigenvalue weighted by Crippen LogP contribution is 2.17. The van der Waals surface area contributed by atoms with Crippen molar-refractivity contribution in [1.82, 2.24) is 5.32 Å². The van der Waals surface area contributed by atoms with Crippen molar-refractivity contribution in [2.45, 2.75) is 26.4 Å². The molecule has 0 aromatic heterocycles. The first-order valence-electron chi connectivity index (χ1n) is 8.28. The Morgan fingerprint density at radius 3 is 2.46 bits per heavy atom. The van der Waals surface area contributed by atoms with Gasteiger partial charge in [0.15, 0.2) is 5.11 Å². The lowest BCUT2D eigenvalue weighted by atomic mass is 10.2. The standard InChI is InChI=1S/C20H21ClN2O2S/c1-3-14(2)25-18-11-9-17(10-12-18)22-20(26)23-19(24)13-6-15-4-7-16(21)8-5-15/h4-14H,3H2,1-2H3,(H2,22,23,24,26)/b13-6+. The summed E-state index contributed by atoms with van der Waals surface area (Å²) in [6.45, 7) is 4.09. The molecule has 0 saturated heterocycles. The first-order valence-corrected chi connectivity index (χ1v) is 9.07. The molecule has 4 nitrogen and oxygen atoms in total. The van der Waals surface area contributed by atoms with Crippen molar-refractivity contribution in [3.8, 4) is 5.75 Å². The Labute approximate surface area is 164 Å². The van der Waals surface area contributed by atoms with Gasteiger partial charge in [0.2, 0.25) is 5.91 Å². The van der Waals surface area contributed by atoms with Crippen LogP contribution >= 0.6 is 23.8 Å². The number of hydrogen-bond donors (Lipinski definition) is 2. The normalized spacial score (nSPS) is 11.8. The minimum atomic E-state index is -0.311. The van der Waals surface area contributed by atoms with E-state index in [9.17, 15) is 4.79 Å². The van der Waals surface area contributed by atoms with Gasteiger partial charge in [0.25, 0.3) is 0 Å². The summed E-state index contributed by atoms with van der Waals surface area (Å²) in [5.74, 6) is 0.486. The summed E-state index contributed by atoms with van der Waals surface area (Å²) in [4.78, 5) is 11.9. The Kier molecular flexibility index (Phi) is 7.63. The summed E-state index contributed by atoms with van der Waals surface area (Å²) in [6.07, 6.45) is 4.22. The summed E-state index contributed by atoms with van der Waals surface area (Å²) >= 11 is 11.0. The predicted molar refractivity (Wildman–Crippen MR) is 112 cm³/mol. The predicted octanol–water partition coefficient (Wildman–Crippen LogP) is 5.04. The maximum absolute atomic E-state index is 11.9. The van der Waals surface area contributed by atoms with Gasteiger partial charge >= 0.3 is 0 Å². The van der Waals surface area contributed by atoms with Crippen LogP contribution in [0.5, 0.6) is 5.75 Å². The second kappa shape index (κ2) is 9.94. The van der Waals surface area contributed by atoms with Gasteiger partial charge in [-0.2, -0.15) is 0 Å². The maximum atomic E-state index is 11.9. The number of nitrogens with one attached hydrogen (secondary N) is 2. The zero-order valence-corrected chi connectivity index (χ0v) is 16.2. The zero-order valence-electron chi connectivity index (χ0n) is 14.7. The molecule has 0 spiro atoms. The van der Waals surface area contributed by atoms with Crippen LogP contribution in [0.3, 0.4) is 0 Å². The van der Waals surface area contributed by atoms with Gasteiger partial charge in [0, 0.05) is 16.8 Å². The van der Waals surface area contributed by atoms with Crippen molar-refractivity contribution in [3.63, 3.8) is 0 Å². The van der Waals surface area contributed by atoms with Gasteiger partial charge in [0.05, 0.1) is 6.10 Å². The van der Waals surface area contributed by atoms with E-state index in [1.165, 1.54) is 6.08 Å². The van der Waals surface area contributed by atoms with Crippen molar-refractivity contribution in [3.05, 3.63) is 65.2 Å². The maximum Gasteiger partial charge on any atom is 0.250 e. The SMILES string of the molecule is CCC(C)Oc1ccc(NC(=S)NC(=O)/C=C/c2ccc(Cl)cc2)cc1. The highest BCUT2D eigenvalue weighted by atomic mass is 35.5. The molecule has 0 radical (unpaired) electrons. The summed E-state index contributed by atoms with van der Waals surface area (Å²) < 4.78 is 5.72. The van der Waals surface area contributed by atoms with Crippen LogP contribution in [0.1, 0.15) is 25.8 Å².